The Hall–Kier alpha value is -4.34. The van der Waals surface area contributed by atoms with Crippen LogP contribution in [0.25, 0.3) is 11.0 Å². The first-order valence-electron chi connectivity index (χ1n) is 12.5. The Morgan fingerprint density at radius 1 is 1.08 bits per heavy atom. The van der Waals surface area contributed by atoms with Crippen LogP contribution in [0.15, 0.2) is 59.0 Å². The summed E-state index contributed by atoms with van der Waals surface area (Å²) in [5.74, 6) is 1.45. The summed E-state index contributed by atoms with van der Waals surface area (Å²) in [6.45, 7) is 6.24. The number of anilines is 1. The molecule has 0 spiro atoms. The maximum atomic E-state index is 14.1. The Labute approximate surface area is 221 Å². The number of carbonyl (C=O) groups is 2. The van der Waals surface area contributed by atoms with Gasteiger partial charge in [-0.05, 0) is 55.7 Å². The summed E-state index contributed by atoms with van der Waals surface area (Å²) in [4.78, 5) is 29.3. The van der Waals surface area contributed by atoms with Crippen LogP contribution < -0.4 is 19.7 Å². The zero-order valence-corrected chi connectivity index (χ0v) is 22.3. The topological polar surface area (TPSA) is 112 Å². The van der Waals surface area contributed by atoms with Crippen molar-refractivity contribution in [2.75, 3.05) is 25.7 Å². The van der Waals surface area contributed by atoms with Crippen molar-refractivity contribution in [1.29, 1.82) is 0 Å². The largest absolute Gasteiger partial charge is 0.497 e. The lowest BCUT2D eigenvalue weighted by Gasteiger charge is -2.31. The molecule has 200 valence electrons. The van der Waals surface area contributed by atoms with Gasteiger partial charge in [-0.15, -0.1) is 5.10 Å². The fourth-order valence-electron chi connectivity index (χ4n) is 4.20. The van der Waals surface area contributed by atoms with Gasteiger partial charge in [0.15, 0.2) is 6.04 Å². The number of furan rings is 1. The minimum atomic E-state index is -1.11. The Morgan fingerprint density at radius 2 is 1.87 bits per heavy atom. The number of aryl methyl sites for hydroxylation is 1. The number of aromatic nitrogens is 3. The van der Waals surface area contributed by atoms with Gasteiger partial charge in [-0.25, -0.2) is 4.68 Å². The number of para-hydroxylation sites is 1. The lowest BCUT2D eigenvalue weighted by molar-refractivity contribution is -0.127. The van der Waals surface area contributed by atoms with E-state index in [0.717, 1.165) is 6.42 Å². The lowest BCUT2D eigenvalue weighted by Crippen LogP contribution is -2.45. The second kappa shape index (κ2) is 11.8. The average molecular weight is 520 g/mol. The maximum absolute atomic E-state index is 14.1. The number of carbonyl (C=O) groups excluding carboxylic acids is 2. The molecule has 1 atom stereocenters. The van der Waals surface area contributed by atoms with Crippen LogP contribution in [0.1, 0.15) is 37.8 Å². The monoisotopic (exact) mass is 519 g/mol. The van der Waals surface area contributed by atoms with E-state index in [1.165, 1.54) is 23.8 Å². The van der Waals surface area contributed by atoms with Crippen molar-refractivity contribution in [3.63, 3.8) is 0 Å². The molecule has 0 saturated carbocycles. The number of hydrogen-bond donors (Lipinski definition) is 1. The minimum absolute atomic E-state index is 0.170. The number of amides is 2. The van der Waals surface area contributed by atoms with Gasteiger partial charge in [0.05, 0.1) is 25.4 Å². The third-order valence-electron chi connectivity index (χ3n) is 6.18. The second-order valence-corrected chi connectivity index (χ2v) is 9.36. The van der Waals surface area contributed by atoms with Crippen molar-refractivity contribution in [2.45, 2.75) is 39.8 Å². The number of nitrogens with zero attached hydrogens (tertiary/aromatic N) is 4. The first-order valence-corrected chi connectivity index (χ1v) is 12.5. The molecule has 0 radical (unpaired) electrons. The molecule has 10 nitrogen and oxygen atoms in total. The highest BCUT2D eigenvalue weighted by atomic mass is 16.5. The Bertz CT molecular complexity index is 1410. The van der Waals surface area contributed by atoms with Gasteiger partial charge in [0, 0.05) is 12.6 Å². The fourth-order valence-corrected chi connectivity index (χ4v) is 4.20. The second-order valence-electron chi connectivity index (χ2n) is 9.36. The molecular weight excluding hydrogens is 486 g/mol. The van der Waals surface area contributed by atoms with E-state index in [1.807, 2.05) is 24.3 Å². The van der Waals surface area contributed by atoms with Gasteiger partial charge in [0.2, 0.25) is 5.91 Å². The summed E-state index contributed by atoms with van der Waals surface area (Å²) >= 11 is 0. The third kappa shape index (κ3) is 5.80. The van der Waals surface area contributed by atoms with Gasteiger partial charge in [-0.3, -0.25) is 14.5 Å². The summed E-state index contributed by atoms with van der Waals surface area (Å²) in [7, 11) is 3.04. The zero-order chi connectivity index (χ0) is 27.2. The van der Waals surface area contributed by atoms with E-state index < -0.39 is 11.9 Å². The summed E-state index contributed by atoms with van der Waals surface area (Å²) in [6.07, 6.45) is 0.789. The SMILES string of the molecule is COc1ccc(OC)c(N(C(=O)Cn2nnc3ccccc32)[C@H](C(=O)NCCC(C)C)c2ccc(C)o2)c1. The van der Waals surface area contributed by atoms with Crippen LogP contribution in [-0.2, 0) is 16.1 Å². The smallest absolute Gasteiger partial charge is 0.251 e. The highest BCUT2D eigenvalue weighted by molar-refractivity contribution is 6.02. The maximum Gasteiger partial charge on any atom is 0.251 e. The molecule has 4 rings (SSSR count). The molecule has 2 heterocycles. The zero-order valence-electron chi connectivity index (χ0n) is 22.3. The van der Waals surface area contributed by atoms with Gasteiger partial charge < -0.3 is 19.2 Å². The van der Waals surface area contributed by atoms with Crippen LogP contribution in [0.5, 0.6) is 11.5 Å². The molecule has 0 saturated heterocycles. The van der Waals surface area contributed by atoms with Crippen LogP contribution >= 0.6 is 0 Å². The van der Waals surface area contributed by atoms with E-state index >= 15 is 0 Å². The summed E-state index contributed by atoms with van der Waals surface area (Å²) < 4.78 is 18.5. The van der Waals surface area contributed by atoms with E-state index in [-0.39, 0.29) is 12.5 Å². The molecule has 2 aromatic heterocycles. The standard InChI is InChI=1S/C28H33N5O5/c1-18(2)14-15-29-28(35)27(25-12-10-19(3)38-25)33(23-16-20(36-4)11-13-24(23)37-5)26(34)17-32-22-9-7-6-8-21(22)30-31-32/h6-13,16,18,27H,14-15,17H2,1-5H3,(H,29,35)/t27-/m0/s1. The first-order chi connectivity index (χ1) is 18.3. The summed E-state index contributed by atoms with van der Waals surface area (Å²) in [6, 6.07) is 14.8. The lowest BCUT2D eigenvalue weighted by atomic mass is 10.1. The number of rotatable bonds is 11. The van der Waals surface area contributed by atoms with E-state index in [4.69, 9.17) is 13.9 Å². The number of benzene rings is 2. The molecular formula is C28H33N5O5. The molecule has 2 aromatic carbocycles. The first kappa shape index (κ1) is 26.7. The normalized spacial score (nSPS) is 11.9. The summed E-state index contributed by atoms with van der Waals surface area (Å²) in [5.41, 5.74) is 1.72. The van der Waals surface area contributed by atoms with Crippen molar-refractivity contribution in [2.24, 2.45) is 5.92 Å². The Morgan fingerprint density at radius 3 is 2.55 bits per heavy atom. The van der Waals surface area contributed by atoms with Gasteiger partial charge in [-0.2, -0.15) is 0 Å². The van der Waals surface area contributed by atoms with Gasteiger partial charge >= 0.3 is 0 Å². The molecule has 38 heavy (non-hydrogen) atoms. The average Bonchev–Trinajstić information content (AvgIpc) is 3.52. The van der Waals surface area contributed by atoms with Crippen molar-refractivity contribution in [3.05, 3.63) is 66.1 Å². The number of ether oxygens (including phenoxy) is 2. The van der Waals surface area contributed by atoms with E-state index in [1.54, 1.807) is 37.3 Å². The third-order valence-corrected chi connectivity index (χ3v) is 6.18. The van der Waals surface area contributed by atoms with Crippen molar-refractivity contribution in [3.8, 4) is 11.5 Å². The number of methoxy groups -OCH3 is 2. The molecule has 0 unspecified atom stereocenters. The molecule has 0 aliphatic rings. The van der Waals surface area contributed by atoms with Crippen molar-refractivity contribution >= 4 is 28.5 Å². The Balaban J connectivity index is 1.82. The van der Waals surface area contributed by atoms with Crippen molar-refractivity contribution in [1.82, 2.24) is 20.3 Å². The molecule has 0 aliphatic heterocycles. The molecule has 0 fully saturated rings. The number of hydrogen-bond acceptors (Lipinski definition) is 7. The molecule has 0 aliphatic carbocycles. The van der Waals surface area contributed by atoms with Gasteiger partial charge in [-0.1, -0.05) is 31.2 Å². The van der Waals surface area contributed by atoms with Crippen LogP contribution in [0.3, 0.4) is 0 Å². The highest BCUT2D eigenvalue weighted by Crippen LogP contribution is 2.38. The predicted molar refractivity (Wildman–Crippen MR) is 143 cm³/mol. The van der Waals surface area contributed by atoms with E-state index in [9.17, 15) is 9.59 Å². The summed E-state index contributed by atoms with van der Waals surface area (Å²) in [5, 5.41) is 11.3. The number of fused-ring (bicyclic) bond motifs is 1. The fraction of sp³-hybridized carbons (Fsp3) is 0.357. The number of nitrogens with one attached hydrogen (secondary N) is 1. The minimum Gasteiger partial charge on any atom is -0.497 e. The molecule has 1 N–H and O–H groups in total. The molecule has 2 amide bonds. The Kier molecular flexibility index (Phi) is 8.30. The van der Waals surface area contributed by atoms with Crippen LogP contribution in [0, 0.1) is 12.8 Å². The van der Waals surface area contributed by atoms with Crippen LogP contribution in [-0.4, -0.2) is 47.6 Å². The molecule has 4 aromatic rings. The highest BCUT2D eigenvalue weighted by Gasteiger charge is 2.37. The van der Waals surface area contributed by atoms with Crippen molar-refractivity contribution < 1.29 is 23.5 Å². The van der Waals surface area contributed by atoms with E-state index in [0.29, 0.717) is 52.2 Å². The molecule has 10 heteroatoms. The predicted octanol–water partition coefficient (Wildman–Crippen LogP) is 4.29. The molecule has 0 bridgehead atoms. The van der Waals surface area contributed by atoms with Gasteiger partial charge in [0.1, 0.15) is 35.1 Å². The van der Waals surface area contributed by atoms with E-state index in [2.05, 4.69) is 29.5 Å². The van der Waals surface area contributed by atoms with Gasteiger partial charge in [0.25, 0.3) is 5.91 Å². The quantitative estimate of drug-likeness (QED) is 0.315. The van der Waals surface area contributed by atoms with Crippen LogP contribution in [0.2, 0.25) is 0 Å². The van der Waals surface area contributed by atoms with Crippen LogP contribution in [0.4, 0.5) is 5.69 Å².